The molecule has 0 saturated carbocycles. The number of allylic oxidation sites excluding steroid dienone is 1. The third-order valence-corrected chi connectivity index (χ3v) is 6.03. The molecule has 2 aromatic carbocycles. The molecule has 1 saturated heterocycles. The third-order valence-electron chi connectivity index (χ3n) is 6.03. The molecule has 0 amide bonds. The van der Waals surface area contributed by atoms with Crippen molar-refractivity contribution in [3.63, 3.8) is 0 Å². The number of hydrogen-bond acceptors (Lipinski definition) is 6. The first-order chi connectivity index (χ1) is 17.1. The van der Waals surface area contributed by atoms with Gasteiger partial charge in [-0.25, -0.2) is 14.6 Å². The fourth-order valence-corrected chi connectivity index (χ4v) is 4.39. The number of fused-ring (bicyclic) bond motifs is 1. The molecule has 180 valence electrons. The molecule has 0 spiro atoms. The van der Waals surface area contributed by atoms with Crippen molar-refractivity contribution in [3.05, 3.63) is 85.9 Å². The maximum absolute atomic E-state index is 6.28. The molecule has 0 radical (unpaired) electrons. The van der Waals surface area contributed by atoms with Crippen LogP contribution >= 0.6 is 0 Å². The molecule has 7 nitrogen and oxygen atoms in total. The Kier molecular flexibility index (Phi) is 7.45. The predicted octanol–water partition coefficient (Wildman–Crippen LogP) is 6.06. The first-order valence-electron chi connectivity index (χ1n) is 12.0. The molecule has 0 aliphatic carbocycles. The number of aromatic nitrogens is 4. The zero-order valence-corrected chi connectivity index (χ0v) is 20.4. The third kappa shape index (κ3) is 5.04. The SMILES string of the molecule is C=CC(=C)N1CCCC1Cn1nc(-c2ccc(Oc3ccccc3)cc2)c2c(N)ncnc21.CC. The summed E-state index contributed by atoms with van der Waals surface area (Å²) in [4.78, 5) is 11.0. The molecule has 1 atom stereocenters. The predicted molar refractivity (Wildman–Crippen MR) is 142 cm³/mol. The lowest BCUT2D eigenvalue weighted by Gasteiger charge is -2.27. The summed E-state index contributed by atoms with van der Waals surface area (Å²) in [5.41, 5.74) is 9.65. The highest BCUT2D eigenvalue weighted by atomic mass is 16.5. The minimum atomic E-state index is 0.282. The van der Waals surface area contributed by atoms with E-state index < -0.39 is 0 Å². The summed E-state index contributed by atoms with van der Waals surface area (Å²) in [5.74, 6) is 1.96. The average Bonchev–Trinajstić information content (AvgIpc) is 3.52. The van der Waals surface area contributed by atoms with Gasteiger partial charge in [-0.1, -0.05) is 45.2 Å². The molecule has 4 aromatic rings. The molecule has 3 heterocycles. The van der Waals surface area contributed by atoms with Gasteiger partial charge in [0.1, 0.15) is 29.3 Å². The van der Waals surface area contributed by atoms with Crippen molar-refractivity contribution in [2.75, 3.05) is 12.3 Å². The second-order valence-corrected chi connectivity index (χ2v) is 8.11. The van der Waals surface area contributed by atoms with Gasteiger partial charge in [0.05, 0.1) is 11.9 Å². The van der Waals surface area contributed by atoms with Crippen LogP contribution in [0.15, 0.2) is 85.9 Å². The van der Waals surface area contributed by atoms with E-state index in [-0.39, 0.29) is 6.04 Å². The molecule has 1 aliphatic rings. The van der Waals surface area contributed by atoms with Crippen molar-refractivity contribution >= 4 is 16.9 Å². The van der Waals surface area contributed by atoms with Crippen molar-refractivity contribution in [2.24, 2.45) is 0 Å². The number of hydrogen-bond donors (Lipinski definition) is 1. The average molecular weight is 469 g/mol. The van der Waals surface area contributed by atoms with Crippen LogP contribution < -0.4 is 10.5 Å². The van der Waals surface area contributed by atoms with E-state index in [4.69, 9.17) is 15.6 Å². The van der Waals surface area contributed by atoms with Crippen LogP contribution in [0.5, 0.6) is 11.5 Å². The Labute approximate surface area is 206 Å². The smallest absolute Gasteiger partial charge is 0.164 e. The lowest BCUT2D eigenvalue weighted by molar-refractivity contribution is 0.294. The van der Waals surface area contributed by atoms with Gasteiger partial charge in [-0.15, -0.1) is 0 Å². The first-order valence-corrected chi connectivity index (χ1v) is 12.0. The highest BCUT2D eigenvalue weighted by molar-refractivity contribution is 5.98. The molecule has 2 aromatic heterocycles. The molecule has 1 unspecified atom stereocenters. The van der Waals surface area contributed by atoms with Gasteiger partial charge in [-0.3, -0.25) is 0 Å². The Morgan fingerprint density at radius 1 is 1.09 bits per heavy atom. The number of para-hydroxylation sites is 1. The summed E-state index contributed by atoms with van der Waals surface area (Å²) in [6, 6.07) is 17.8. The molecule has 0 bridgehead atoms. The van der Waals surface area contributed by atoms with Crippen LogP contribution in [0.1, 0.15) is 26.7 Å². The van der Waals surface area contributed by atoms with E-state index in [2.05, 4.69) is 28.0 Å². The van der Waals surface area contributed by atoms with Gasteiger partial charge in [0.15, 0.2) is 5.65 Å². The standard InChI is InChI=1S/C26H26N6O.C2H6/c1-3-18(2)31-15-7-8-20(31)16-32-26-23(25(27)28-17-29-26)24(30-32)19-11-13-22(14-12-19)33-21-9-5-4-6-10-21;1-2/h3-6,9-14,17,20H,1-2,7-8,15-16H2,(H2,27,28,29);1-2H3. The van der Waals surface area contributed by atoms with Gasteiger partial charge >= 0.3 is 0 Å². The zero-order chi connectivity index (χ0) is 24.8. The Hall–Kier alpha value is -4.13. The maximum Gasteiger partial charge on any atom is 0.164 e. The van der Waals surface area contributed by atoms with Gasteiger partial charge < -0.3 is 15.4 Å². The van der Waals surface area contributed by atoms with Crippen molar-refractivity contribution in [2.45, 2.75) is 39.3 Å². The van der Waals surface area contributed by atoms with Gasteiger partial charge in [0.2, 0.25) is 0 Å². The Balaban J connectivity index is 0.00000141. The number of ether oxygens (including phenoxy) is 1. The zero-order valence-electron chi connectivity index (χ0n) is 20.4. The Bertz CT molecular complexity index is 1300. The quantitative estimate of drug-likeness (QED) is 0.332. The van der Waals surface area contributed by atoms with Gasteiger partial charge in [0.25, 0.3) is 0 Å². The van der Waals surface area contributed by atoms with E-state index in [1.807, 2.05) is 79.2 Å². The largest absolute Gasteiger partial charge is 0.457 e. The van der Waals surface area contributed by atoms with Crippen molar-refractivity contribution in [1.29, 1.82) is 0 Å². The van der Waals surface area contributed by atoms with Crippen molar-refractivity contribution in [1.82, 2.24) is 24.6 Å². The molecule has 7 heteroatoms. The summed E-state index contributed by atoms with van der Waals surface area (Å²) in [6.45, 7) is 13.7. The molecular weight excluding hydrogens is 436 g/mol. The molecule has 1 aliphatic heterocycles. The van der Waals surface area contributed by atoms with E-state index >= 15 is 0 Å². The van der Waals surface area contributed by atoms with Crippen LogP contribution in [0.4, 0.5) is 5.82 Å². The number of rotatable bonds is 7. The Morgan fingerprint density at radius 3 is 2.51 bits per heavy atom. The Morgan fingerprint density at radius 2 is 1.80 bits per heavy atom. The second-order valence-electron chi connectivity index (χ2n) is 8.11. The fourth-order valence-electron chi connectivity index (χ4n) is 4.39. The van der Waals surface area contributed by atoms with Gasteiger partial charge in [-0.05, 0) is 55.3 Å². The number of likely N-dealkylation sites (tertiary alicyclic amines) is 1. The van der Waals surface area contributed by atoms with Gasteiger partial charge in [-0.2, -0.15) is 5.10 Å². The minimum Gasteiger partial charge on any atom is -0.457 e. The summed E-state index contributed by atoms with van der Waals surface area (Å²) < 4.78 is 7.86. The van der Waals surface area contributed by atoms with Gasteiger partial charge in [0, 0.05) is 23.8 Å². The monoisotopic (exact) mass is 468 g/mol. The van der Waals surface area contributed by atoms with E-state index in [0.717, 1.165) is 58.9 Å². The van der Waals surface area contributed by atoms with Crippen LogP contribution in [-0.4, -0.2) is 37.2 Å². The lowest BCUT2D eigenvalue weighted by atomic mass is 10.1. The number of nitrogen functional groups attached to an aromatic ring is 1. The van der Waals surface area contributed by atoms with Crippen LogP contribution in [0, 0.1) is 0 Å². The van der Waals surface area contributed by atoms with Crippen molar-refractivity contribution in [3.8, 4) is 22.8 Å². The number of nitrogens with two attached hydrogens (primary N) is 1. The maximum atomic E-state index is 6.28. The van der Waals surface area contributed by atoms with Crippen molar-refractivity contribution < 1.29 is 4.74 Å². The lowest BCUT2D eigenvalue weighted by Crippen LogP contribution is -2.31. The molecule has 1 fully saturated rings. The molecule has 35 heavy (non-hydrogen) atoms. The summed E-state index contributed by atoms with van der Waals surface area (Å²) in [7, 11) is 0. The van der Waals surface area contributed by atoms with Crippen LogP contribution in [0.25, 0.3) is 22.3 Å². The first kappa shape index (κ1) is 24.0. The summed E-state index contributed by atoms with van der Waals surface area (Å²) in [5, 5.41) is 5.69. The molecule has 5 rings (SSSR count). The fraction of sp³-hybridized carbons (Fsp3) is 0.250. The highest BCUT2D eigenvalue weighted by Gasteiger charge is 2.27. The normalized spacial score (nSPS) is 14.9. The number of anilines is 1. The van der Waals surface area contributed by atoms with Crippen LogP contribution in [0.2, 0.25) is 0 Å². The molecule has 2 N–H and O–H groups in total. The highest BCUT2D eigenvalue weighted by Crippen LogP contribution is 2.33. The number of nitrogens with zero attached hydrogens (tertiary/aromatic N) is 5. The second kappa shape index (κ2) is 10.9. The van der Waals surface area contributed by atoms with Crippen LogP contribution in [0.3, 0.4) is 0 Å². The van der Waals surface area contributed by atoms with Crippen LogP contribution in [-0.2, 0) is 6.54 Å². The summed E-state index contributed by atoms with van der Waals surface area (Å²) >= 11 is 0. The van der Waals surface area contributed by atoms with E-state index in [1.165, 1.54) is 6.33 Å². The summed E-state index contributed by atoms with van der Waals surface area (Å²) in [6.07, 6.45) is 5.48. The number of benzene rings is 2. The minimum absolute atomic E-state index is 0.282. The topological polar surface area (TPSA) is 82.1 Å². The molecular formula is C28H32N6O. The van der Waals surface area contributed by atoms with E-state index in [1.54, 1.807) is 0 Å². The van der Waals surface area contributed by atoms with E-state index in [9.17, 15) is 0 Å². The van der Waals surface area contributed by atoms with E-state index in [0.29, 0.717) is 12.4 Å².